The second-order valence-electron chi connectivity index (χ2n) is 10.7. The molecule has 11 heteroatoms. The Morgan fingerprint density at radius 1 is 1.18 bits per heavy atom. The maximum Gasteiger partial charge on any atom is 0.455 e. The molecule has 2 saturated heterocycles. The normalized spacial score (nSPS) is 25.3. The quantitative estimate of drug-likeness (QED) is 0.144. The highest BCUT2D eigenvalue weighted by atomic mass is 19.1. The number of phenols is 1. The van der Waals surface area contributed by atoms with Crippen molar-refractivity contribution in [3.05, 3.63) is 46.3 Å². The number of benzene rings is 1. The second kappa shape index (κ2) is 12.4. The van der Waals surface area contributed by atoms with Crippen molar-refractivity contribution in [2.24, 2.45) is 17.8 Å². The van der Waals surface area contributed by atoms with Crippen molar-refractivity contribution in [3.63, 3.8) is 0 Å². The van der Waals surface area contributed by atoms with Gasteiger partial charge in [-0.15, -0.1) is 0 Å². The number of imide groups is 1. The van der Waals surface area contributed by atoms with Gasteiger partial charge in [-0.25, -0.2) is 4.39 Å². The van der Waals surface area contributed by atoms with Crippen LogP contribution in [0, 0.1) is 23.6 Å². The third kappa shape index (κ3) is 6.42. The van der Waals surface area contributed by atoms with Gasteiger partial charge in [0.25, 0.3) is 0 Å². The highest BCUT2D eigenvalue weighted by Gasteiger charge is 2.57. The number of aromatic hydroxyl groups is 1. The average molecular weight is 543 g/mol. The van der Waals surface area contributed by atoms with Crippen molar-refractivity contribution in [3.8, 4) is 5.75 Å². The number of aliphatic hydroxyl groups is 1. The number of unbranched alkanes of at least 4 members (excludes halogenated alkanes) is 2. The van der Waals surface area contributed by atoms with Crippen LogP contribution in [0.4, 0.5) is 4.39 Å². The number of carbonyl (C=O) groups excluding carboxylic acids is 2. The number of aliphatic hydroxyl groups excluding tert-OH is 1. The Morgan fingerprint density at radius 2 is 1.95 bits per heavy atom. The van der Waals surface area contributed by atoms with Crippen LogP contribution in [0.5, 0.6) is 5.75 Å². The summed E-state index contributed by atoms with van der Waals surface area (Å²) in [6.07, 6.45) is 4.29. The van der Waals surface area contributed by atoms with Gasteiger partial charge < -0.3 is 25.0 Å². The number of carboxylic acid groups (broad SMARTS) is 1. The monoisotopic (exact) mass is 543 g/mol. The van der Waals surface area contributed by atoms with E-state index in [1.165, 1.54) is 17.0 Å². The average Bonchev–Trinajstić information content (AvgIpc) is 3.13. The van der Waals surface area contributed by atoms with Crippen molar-refractivity contribution in [2.45, 2.75) is 64.3 Å². The Balaban J connectivity index is 1.48. The zero-order valence-corrected chi connectivity index (χ0v) is 22.0. The topological polar surface area (TPSA) is 145 Å². The van der Waals surface area contributed by atoms with Crippen LogP contribution in [0.15, 0.2) is 34.9 Å². The summed E-state index contributed by atoms with van der Waals surface area (Å²) in [6, 6.07) is 4.13. The number of hydrogen-bond acceptors (Lipinski definition) is 7. The summed E-state index contributed by atoms with van der Waals surface area (Å²) in [6.45, 7) is 1.83. The third-order valence-corrected chi connectivity index (χ3v) is 8.05. The molecular formula is C28H35BFNO8. The third-order valence-electron chi connectivity index (χ3n) is 8.05. The fourth-order valence-electron chi connectivity index (χ4n) is 6.25. The summed E-state index contributed by atoms with van der Waals surface area (Å²) in [5, 5.41) is 39.0. The number of halogens is 1. The van der Waals surface area contributed by atoms with Gasteiger partial charge in [-0.2, -0.15) is 0 Å². The minimum absolute atomic E-state index is 0.0438. The van der Waals surface area contributed by atoms with Crippen LogP contribution in [0.3, 0.4) is 0 Å². The molecule has 2 fully saturated rings. The molecule has 4 N–H and O–H groups in total. The van der Waals surface area contributed by atoms with Crippen molar-refractivity contribution in [1.82, 2.24) is 4.90 Å². The van der Waals surface area contributed by atoms with Crippen LogP contribution >= 0.6 is 0 Å². The zero-order valence-electron chi connectivity index (χ0n) is 22.0. The van der Waals surface area contributed by atoms with Gasteiger partial charge in [0, 0.05) is 13.0 Å². The van der Waals surface area contributed by atoms with E-state index in [4.69, 9.17) is 9.76 Å². The highest BCUT2D eigenvalue weighted by Crippen LogP contribution is 2.50. The summed E-state index contributed by atoms with van der Waals surface area (Å²) in [5.41, 5.74) is 2.97. The molecule has 1 aliphatic carbocycles. The van der Waals surface area contributed by atoms with Gasteiger partial charge in [-0.05, 0) is 80.1 Å². The summed E-state index contributed by atoms with van der Waals surface area (Å²) in [7, 11) is -1.12. The number of nitrogens with zero attached hydrogens (tertiary/aromatic N) is 1. The Hall–Kier alpha value is -3.02. The van der Waals surface area contributed by atoms with Crippen LogP contribution in [0.25, 0.3) is 6.08 Å². The molecule has 3 aliphatic rings. The molecule has 2 amide bonds. The fraction of sp³-hybridized carbons (Fsp3) is 0.536. The maximum atomic E-state index is 13.7. The minimum Gasteiger partial charge on any atom is -0.505 e. The van der Waals surface area contributed by atoms with Gasteiger partial charge in [0.05, 0.1) is 24.5 Å². The molecule has 39 heavy (non-hydrogen) atoms. The molecular weight excluding hydrogens is 508 g/mol. The van der Waals surface area contributed by atoms with Crippen molar-refractivity contribution >= 4 is 31.0 Å². The zero-order chi connectivity index (χ0) is 28.3. The first-order chi connectivity index (χ1) is 18.6. The molecule has 0 saturated carbocycles. The number of allylic oxidation sites excluding steroid dienone is 1. The summed E-state index contributed by atoms with van der Waals surface area (Å²) in [5.74, 6) is -4.20. The van der Waals surface area contributed by atoms with Gasteiger partial charge in [0.1, 0.15) is 0 Å². The number of rotatable bonds is 11. The van der Waals surface area contributed by atoms with Gasteiger partial charge >= 0.3 is 13.1 Å². The molecule has 1 aromatic rings. The van der Waals surface area contributed by atoms with Crippen LogP contribution in [0.1, 0.15) is 57.4 Å². The Labute approximate surface area is 227 Å². The van der Waals surface area contributed by atoms with Crippen LogP contribution in [-0.2, 0) is 19.0 Å². The van der Waals surface area contributed by atoms with E-state index >= 15 is 0 Å². The first-order valence-electron chi connectivity index (χ1n) is 13.5. The van der Waals surface area contributed by atoms with Crippen LogP contribution < -0.4 is 0 Å². The molecule has 1 aromatic carbocycles. The highest BCUT2D eigenvalue weighted by molar-refractivity contribution is 6.43. The first kappa shape index (κ1) is 29.0. The minimum atomic E-state index is -1.12. The summed E-state index contributed by atoms with van der Waals surface area (Å²) in [4.78, 5) is 38.7. The number of carboxylic acids is 1. The Morgan fingerprint density at radius 3 is 2.64 bits per heavy atom. The SMILES string of the molecule is C/C(=C\c1ccc(O)c(F)c1)CC[C@H]1OB(O)C[C@H]2C1=C(CO)C[C@H]1C(=O)N(CCCCCC(=O)O)C(=O)[C@H]12. The van der Waals surface area contributed by atoms with E-state index in [1.54, 1.807) is 12.1 Å². The van der Waals surface area contributed by atoms with E-state index < -0.39 is 48.5 Å². The maximum absolute atomic E-state index is 13.7. The van der Waals surface area contributed by atoms with E-state index in [-0.39, 0.29) is 44.1 Å². The standard InChI is InChI=1S/C28H35BFNO8/c1-16(11-17-7-8-22(33)21(30)12-17)6-9-23-25-18(15-32)13-19-26(20(25)14-29(38)39-23)28(37)31(27(19)36)10-4-2-3-5-24(34)35/h7-8,11-12,19-20,23,26,32-33,38H,2-6,9-10,13-15H2,1H3,(H,34,35)/b16-11+/t19-,20+,23-,26-/m1/s1. The number of fused-ring (bicyclic) bond motifs is 3. The fourth-order valence-corrected chi connectivity index (χ4v) is 6.25. The van der Waals surface area contributed by atoms with E-state index in [0.29, 0.717) is 43.2 Å². The summed E-state index contributed by atoms with van der Waals surface area (Å²) < 4.78 is 19.6. The molecule has 0 spiro atoms. The molecule has 4 rings (SSSR count). The van der Waals surface area contributed by atoms with Gasteiger partial charge in [-0.3, -0.25) is 19.3 Å². The molecule has 4 atom stereocenters. The number of phenolic OH excluding ortho intramolecular Hbond substituents is 1. The lowest BCUT2D eigenvalue weighted by atomic mass is 9.58. The van der Waals surface area contributed by atoms with E-state index in [1.807, 2.05) is 6.92 Å². The molecule has 0 bridgehead atoms. The van der Waals surface area contributed by atoms with E-state index in [0.717, 1.165) is 11.1 Å². The molecule has 9 nitrogen and oxygen atoms in total. The molecule has 2 heterocycles. The van der Waals surface area contributed by atoms with E-state index in [2.05, 4.69) is 0 Å². The number of hydrogen-bond donors (Lipinski definition) is 4. The predicted octanol–water partition coefficient (Wildman–Crippen LogP) is 3.15. The van der Waals surface area contributed by atoms with E-state index in [9.17, 15) is 34.0 Å². The predicted molar refractivity (Wildman–Crippen MR) is 141 cm³/mol. The number of carbonyl (C=O) groups is 3. The van der Waals surface area contributed by atoms with Crippen LogP contribution in [0.2, 0.25) is 6.32 Å². The molecule has 0 aromatic heterocycles. The largest absolute Gasteiger partial charge is 0.505 e. The molecule has 2 aliphatic heterocycles. The Kier molecular flexibility index (Phi) is 9.25. The number of likely N-dealkylation sites (tertiary alicyclic amines) is 1. The lowest BCUT2D eigenvalue weighted by molar-refractivity contribution is -0.141. The second-order valence-corrected chi connectivity index (χ2v) is 10.7. The lowest BCUT2D eigenvalue weighted by Crippen LogP contribution is -2.46. The van der Waals surface area contributed by atoms with Crippen LogP contribution in [-0.4, -0.2) is 69.4 Å². The van der Waals surface area contributed by atoms with Crippen molar-refractivity contribution < 1.29 is 43.8 Å². The first-order valence-corrected chi connectivity index (χ1v) is 13.5. The molecule has 0 radical (unpaired) electrons. The molecule has 0 unspecified atom stereocenters. The molecule has 210 valence electrons. The van der Waals surface area contributed by atoms with Crippen molar-refractivity contribution in [1.29, 1.82) is 0 Å². The number of amides is 2. The smallest absolute Gasteiger partial charge is 0.455 e. The number of aliphatic carboxylic acids is 1. The van der Waals surface area contributed by atoms with Gasteiger partial charge in [0.2, 0.25) is 11.8 Å². The van der Waals surface area contributed by atoms with Gasteiger partial charge in [-0.1, -0.05) is 24.1 Å². The summed E-state index contributed by atoms with van der Waals surface area (Å²) >= 11 is 0. The van der Waals surface area contributed by atoms with Gasteiger partial charge in [0.15, 0.2) is 11.6 Å². The Bertz CT molecular complexity index is 1180. The van der Waals surface area contributed by atoms with Crippen molar-refractivity contribution in [2.75, 3.05) is 13.2 Å². The lowest BCUT2D eigenvalue weighted by Gasteiger charge is -2.42.